The summed E-state index contributed by atoms with van der Waals surface area (Å²) < 4.78 is 5.91. The standard InChI is InChI=1S/C13H26O2/c1-9-6-12(8-13(4,5)7-9)15-11(3)10(2)14/h9-12,14H,6-8H2,1-5H3/t9?,10-,11?,12?/m0/s1. The highest BCUT2D eigenvalue weighted by atomic mass is 16.5. The van der Waals surface area contributed by atoms with Crippen LogP contribution in [0.15, 0.2) is 0 Å². The Morgan fingerprint density at radius 2 is 1.87 bits per heavy atom. The second-order valence-electron chi connectivity index (χ2n) is 6.12. The number of hydrogen-bond acceptors (Lipinski definition) is 2. The zero-order chi connectivity index (χ0) is 11.6. The van der Waals surface area contributed by atoms with Gasteiger partial charge in [-0.2, -0.15) is 0 Å². The third-order valence-corrected chi connectivity index (χ3v) is 3.43. The van der Waals surface area contributed by atoms with Crippen molar-refractivity contribution in [2.45, 2.75) is 72.2 Å². The Kier molecular flexibility index (Phi) is 4.19. The molecular formula is C13H26O2. The minimum Gasteiger partial charge on any atom is -0.391 e. The molecule has 0 radical (unpaired) electrons. The molecule has 1 saturated carbocycles. The SMILES string of the molecule is CC1CC(OC(C)[C@H](C)O)CC(C)(C)C1. The fourth-order valence-corrected chi connectivity index (χ4v) is 2.78. The van der Waals surface area contributed by atoms with E-state index in [0.29, 0.717) is 11.5 Å². The van der Waals surface area contributed by atoms with Crippen LogP contribution in [0.2, 0.25) is 0 Å². The van der Waals surface area contributed by atoms with Crippen LogP contribution in [-0.2, 0) is 4.74 Å². The monoisotopic (exact) mass is 214 g/mol. The van der Waals surface area contributed by atoms with Crippen LogP contribution in [0.3, 0.4) is 0 Å². The molecule has 3 unspecified atom stereocenters. The molecule has 1 rings (SSSR count). The largest absolute Gasteiger partial charge is 0.391 e. The molecule has 90 valence electrons. The lowest BCUT2D eigenvalue weighted by Crippen LogP contribution is -2.36. The molecule has 0 amide bonds. The zero-order valence-electron chi connectivity index (χ0n) is 10.8. The predicted octanol–water partition coefficient (Wildman–Crippen LogP) is 2.99. The summed E-state index contributed by atoms with van der Waals surface area (Å²) in [5.41, 5.74) is 0.390. The summed E-state index contributed by atoms with van der Waals surface area (Å²) in [5.74, 6) is 0.736. The second-order valence-corrected chi connectivity index (χ2v) is 6.12. The smallest absolute Gasteiger partial charge is 0.0806 e. The molecule has 2 heteroatoms. The summed E-state index contributed by atoms with van der Waals surface area (Å²) in [6.07, 6.45) is 3.46. The molecule has 0 spiro atoms. The van der Waals surface area contributed by atoms with Crippen LogP contribution < -0.4 is 0 Å². The molecule has 0 aromatic carbocycles. The second kappa shape index (κ2) is 4.84. The maximum absolute atomic E-state index is 9.42. The van der Waals surface area contributed by atoms with Gasteiger partial charge in [0.25, 0.3) is 0 Å². The van der Waals surface area contributed by atoms with Gasteiger partial charge in [0.1, 0.15) is 0 Å². The lowest BCUT2D eigenvalue weighted by atomic mass is 9.71. The molecule has 0 bridgehead atoms. The lowest BCUT2D eigenvalue weighted by Gasteiger charge is -2.40. The Bertz CT molecular complexity index is 199. The minimum atomic E-state index is -0.370. The van der Waals surface area contributed by atoms with Crippen LogP contribution in [0.25, 0.3) is 0 Å². The summed E-state index contributed by atoms with van der Waals surface area (Å²) in [5, 5.41) is 9.42. The van der Waals surface area contributed by atoms with E-state index in [9.17, 15) is 5.11 Å². The van der Waals surface area contributed by atoms with Crippen molar-refractivity contribution in [2.75, 3.05) is 0 Å². The predicted molar refractivity (Wildman–Crippen MR) is 62.8 cm³/mol. The van der Waals surface area contributed by atoms with E-state index in [1.165, 1.54) is 6.42 Å². The van der Waals surface area contributed by atoms with Gasteiger partial charge in [-0.25, -0.2) is 0 Å². The first-order chi connectivity index (χ1) is 6.80. The van der Waals surface area contributed by atoms with Crippen molar-refractivity contribution in [3.05, 3.63) is 0 Å². The van der Waals surface area contributed by atoms with Crippen LogP contribution in [0.1, 0.15) is 53.9 Å². The maximum Gasteiger partial charge on any atom is 0.0806 e. The Labute approximate surface area is 94.0 Å². The van der Waals surface area contributed by atoms with Crippen molar-refractivity contribution >= 4 is 0 Å². The first-order valence-corrected chi connectivity index (χ1v) is 6.14. The quantitative estimate of drug-likeness (QED) is 0.782. The van der Waals surface area contributed by atoms with E-state index in [1.807, 2.05) is 6.92 Å². The highest BCUT2D eigenvalue weighted by molar-refractivity contribution is 4.84. The molecule has 4 atom stereocenters. The lowest BCUT2D eigenvalue weighted by molar-refractivity contribution is -0.0959. The highest BCUT2D eigenvalue weighted by Gasteiger charge is 2.33. The van der Waals surface area contributed by atoms with E-state index in [2.05, 4.69) is 20.8 Å². The van der Waals surface area contributed by atoms with Gasteiger partial charge < -0.3 is 9.84 Å². The molecule has 1 aliphatic rings. The van der Waals surface area contributed by atoms with Gasteiger partial charge in [-0.15, -0.1) is 0 Å². The van der Waals surface area contributed by atoms with E-state index < -0.39 is 0 Å². The molecule has 15 heavy (non-hydrogen) atoms. The fraction of sp³-hybridized carbons (Fsp3) is 1.00. The third kappa shape index (κ3) is 4.12. The molecule has 0 aromatic rings. The van der Waals surface area contributed by atoms with Gasteiger partial charge in [0, 0.05) is 0 Å². The molecule has 1 N–H and O–H groups in total. The van der Waals surface area contributed by atoms with Crippen molar-refractivity contribution in [3.8, 4) is 0 Å². The molecule has 1 aliphatic carbocycles. The van der Waals surface area contributed by atoms with Crippen LogP contribution >= 0.6 is 0 Å². The summed E-state index contributed by atoms with van der Waals surface area (Å²) in [6, 6.07) is 0. The van der Waals surface area contributed by atoms with Gasteiger partial charge in [-0.05, 0) is 44.4 Å². The summed E-state index contributed by atoms with van der Waals surface area (Å²) in [6.45, 7) is 10.7. The summed E-state index contributed by atoms with van der Waals surface area (Å²) >= 11 is 0. The normalized spacial score (nSPS) is 34.8. The van der Waals surface area contributed by atoms with Gasteiger partial charge in [0.05, 0.1) is 18.3 Å². The molecule has 2 nitrogen and oxygen atoms in total. The Hall–Kier alpha value is -0.0800. The van der Waals surface area contributed by atoms with Crippen molar-refractivity contribution in [2.24, 2.45) is 11.3 Å². The van der Waals surface area contributed by atoms with Gasteiger partial charge in [-0.3, -0.25) is 0 Å². The molecule has 0 aliphatic heterocycles. The highest BCUT2D eigenvalue weighted by Crippen LogP contribution is 2.40. The number of rotatable bonds is 3. The Morgan fingerprint density at radius 1 is 1.27 bits per heavy atom. The van der Waals surface area contributed by atoms with Crippen molar-refractivity contribution in [3.63, 3.8) is 0 Å². The van der Waals surface area contributed by atoms with Gasteiger partial charge in [-0.1, -0.05) is 20.8 Å². The molecule has 0 saturated heterocycles. The number of hydrogen-bond donors (Lipinski definition) is 1. The average Bonchev–Trinajstić information content (AvgIpc) is 1.99. The Morgan fingerprint density at radius 3 is 2.33 bits per heavy atom. The molecule has 0 heterocycles. The van der Waals surface area contributed by atoms with E-state index in [0.717, 1.165) is 18.8 Å². The van der Waals surface area contributed by atoms with E-state index in [-0.39, 0.29) is 12.2 Å². The summed E-state index contributed by atoms with van der Waals surface area (Å²) in [4.78, 5) is 0. The zero-order valence-corrected chi connectivity index (χ0v) is 10.8. The fourth-order valence-electron chi connectivity index (χ4n) is 2.78. The van der Waals surface area contributed by atoms with Crippen LogP contribution in [-0.4, -0.2) is 23.4 Å². The number of aliphatic hydroxyl groups excluding tert-OH is 1. The molecule has 0 aromatic heterocycles. The van der Waals surface area contributed by atoms with Crippen molar-refractivity contribution in [1.29, 1.82) is 0 Å². The average molecular weight is 214 g/mol. The van der Waals surface area contributed by atoms with Crippen LogP contribution in [0, 0.1) is 11.3 Å². The minimum absolute atomic E-state index is 0.0453. The van der Waals surface area contributed by atoms with E-state index in [1.54, 1.807) is 6.92 Å². The van der Waals surface area contributed by atoms with E-state index in [4.69, 9.17) is 4.74 Å². The number of aliphatic hydroxyl groups is 1. The van der Waals surface area contributed by atoms with Crippen LogP contribution in [0.5, 0.6) is 0 Å². The molecular weight excluding hydrogens is 188 g/mol. The van der Waals surface area contributed by atoms with Crippen molar-refractivity contribution in [1.82, 2.24) is 0 Å². The summed E-state index contributed by atoms with van der Waals surface area (Å²) in [7, 11) is 0. The first-order valence-electron chi connectivity index (χ1n) is 6.14. The van der Waals surface area contributed by atoms with Crippen molar-refractivity contribution < 1.29 is 9.84 Å². The maximum atomic E-state index is 9.42. The first kappa shape index (κ1) is 13.0. The molecule has 1 fully saturated rings. The van der Waals surface area contributed by atoms with Gasteiger partial charge in [0.15, 0.2) is 0 Å². The van der Waals surface area contributed by atoms with Gasteiger partial charge >= 0.3 is 0 Å². The third-order valence-electron chi connectivity index (χ3n) is 3.43. The van der Waals surface area contributed by atoms with Crippen LogP contribution in [0.4, 0.5) is 0 Å². The Balaban J connectivity index is 2.48. The van der Waals surface area contributed by atoms with Gasteiger partial charge in [0.2, 0.25) is 0 Å². The topological polar surface area (TPSA) is 29.5 Å². The number of ether oxygens (including phenoxy) is 1. The van der Waals surface area contributed by atoms with E-state index >= 15 is 0 Å².